The Hall–Kier alpha value is -5.21. The fourth-order valence-electron chi connectivity index (χ4n) is 7.85. The average molecular weight is 552 g/mol. The first-order chi connectivity index (χ1) is 21.1. The van der Waals surface area contributed by atoms with Crippen LogP contribution in [0.25, 0.3) is 44.8 Å². The SMILES string of the molecule is CC1(C)c2ccccc2C2(c3ccccc3-c3cc(-c4ccc(-c5nc6ccccc6o5)cc4)ccc32)c2ccccc21. The second kappa shape index (κ2) is 8.65. The molecule has 0 radical (unpaired) electrons. The van der Waals surface area contributed by atoms with Crippen molar-refractivity contribution in [1.29, 1.82) is 0 Å². The molecule has 43 heavy (non-hydrogen) atoms. The van der Waals surface area contributed by atoms with Crippen molar-refractivity contribution in [3.05, 3.63) is 173 Å². The van der Waals surface area contributed by atoms with Gasteiger partial charge >= 0.3 is 0 Å². The zero-order valence-corrected chi connectivity index (χ0v) is 24.1. The summed E-state index contributed by atoms with van der Waals surface area (Å²) in [5.74, 6) is 0.648. The van der Waals surface area contributed by atoms with Gasteiger partial charge in [-0.25, -0.2) is 4.98 Å². The molecule has 9 rings (SSSR count). The predicted octanol–water partition coefficient (Wildman–Crippen LogP) is 10.2. The van der Waals surface area contributed by atoms with E-state index in [1.54, 1.807) is 0 Å². The van der Waals surface area contributed by atoms with Crippen LogP contribution in [0.1, 0.15) is 47.2 Å². The number of fused-ring (bicyclic) bond motifs is 10. The molecule has 0 N–H and O–H groups in total. The van der Waals surface area contributed by atoms with Crippen LogP contribution in [0.4, 0.5) is 0 Å². The first-order valence-corrected chi connectivity index (χ1v) is 15.0. The number of hydrogen-bond acceptors (Lipinski definition) is 2. The highest BCUT2D eigenvalue weighted by atomic mass is 16.3. The molecule has 0 saturated heterocycles. The molecule has 7 aromatic rings. The summed E-state index contributed by atoms with van der Waals surface area (Å²) in [7, 11) is 0. The summed E-state index contributed by atoms with van der Waals surface area (Å²) < 4.78 is 6.02. The Labute approximate surface area is 251 Å². The molecule has 6 aromatic carbocycles. The Balaban J connectivity index is 1.23. The van der Waals surface area contributed by atoms with Crippen LogP contribution in [0.5, 0.6) is 0 Å². The molecule has 0 amide bonds. The number of nitrogens with zero attached hydrogens (tertiary/aromatic N) is 1. The van der Waals surface area contributed by atoms with Crippen molar-refractivity contribution in [3.8, 4) is 33.7 Å². The Kier molecular flexibility index (Phi) is 4.91. The highest BCUT2D eigenvalue weighted by molar-refractivity contribution is 5.90. The molecule has 0 aliphatic heterocycles. The molecule has 0 saturated carbocycles. The summed E-state index contributed by atoms with van der Waals surface area (Å²) in [5.41, 5.74) is 15.5. The minimum absolute atomic E-state index is 0.0908. The topological polar surface area (TPSA) is 26.0 Å². The lowest BCUT2D eigenvalue weighted by atomic mass is 9.55. The van der Waals surface area contributed by atoms with Crippen molar-refractivity contribution in [2.24, 2.45) is 0 Å². The number of rotatable bonds is 2. The van der Waals surface area contributed by atoms with E-state index in [-0.39, 0.29) is 10.8 Å². The fourth-order valence-corrected chi connectivity index (χ4v) is 7.85. The van der Waals surface area contributed by atoms with Crippen LogP contribution in [-0.4, -0.2) is 4.98 Å². The second-order valence-electron chi connectivity index (χ2n) is 12.3. The van der Waals surface area contributed by atoms with E-state index in [9.17, 15) is 0 Å². The minimum atomic E-state index is -0.357. The molecule has 1 spiro atoms. The molecule has 1 heterocycles. The van der Waals surface area contributed by atoms with E-state index in [1.165, 1.54) is 55.6 Å². The van der Waals surface area contributed by atoms with Gasteiger partial charge in [-0.1, -0.05) is 123 Å². The summed E-state index contributed by atoms with van der Waals surface area (Å²) in [6.45, 7) is 4.74. The molecule has 2 aliphatic rings. The lowest BCUT2D eigenvalue weighted by Gasteiger charge is -2.46. The largest absolute Gasteiger partial charge is 0.436 e. The quantitative estimate of drug-likeness (QED) is 0.214. The highest BCUT2D eigenvalue weighted by Gasteiger charge is 2.53. The smallest absolute Gasteiger partial charge is 0.227 e. The van der Waals surface area contributed by atoms with E-state index in [4.69, 9.17) is 4.42 Å². The number of oxazole rings is 1. The van der Waals surface area contributed by atoms with Gasteiger partial charge in [0.05, 0.1) is 5.41 Å². The predicted molar refractivity (Wildman–Crippen MR) is 174 cm³/mol. The molecule has 0 unspecified atom stereocenters. The molecule has 0 atom stereocenters. The third-order valence-electron chi connectivity index (χ3n) is 9.81. The molecule has 0 fully saturated rings. The van der Waals surface area contributed by atoms with Crippen LogP contribution in [0.3, 0.4) is 0 Å². The molecule has 2 nitrogen and oxygen atoms in total. The summed E-state index contributed by atoms with van der Waals surface area (Å²) in [5, 5.41) is 0. The van der Waals surface area contributed by atoms with Crippen molar-refractivity contribution >= 4 is 11.1 Å². The van der Waals surface area contributed by atoms with E-state index >= 15 is 0 Å². The zero-order valence-electron chi connectivity index (χ0n) is 24.1. The highest BCUT2D eigenvalue weighted by Crippen LogP contribution is 2.62. The van der Waals surface area contributed by atoms with Gasteiger partial charge in [-0.05, 0) is 86.0 Å². The summed E-state index contributed by atoms with van der Waals surface area (Å²) in [4.78, 5) is 4.69. The van der Waals surface area contributed by atoms with E-state index in [0.717, 1.165) is 16.7 Å². The molecule has 1 aromatic heterocycles. The van der Waals surface area contributed by atoms with Crippen LogP contribution in [-0.2, 0) is 10.8 Å². The molecule has 2 aliphatic carbocycles. The lowest BCUT2D eigenvalue weighted by molar-refractivity contribution is 0.563. The van der Waals surface area contributed by atoms with Gasteiger partial charge in [-0.2, -0.15) is 0 Å². The monoisotopic (exact) mass is 551 g/mol. The standard InChI is InChI=1S/C41H29NO/c1-40(2)33-13-5-7-15-35(33)41(36-16-8-6-14-34(36)40)31-12-4-3-11-29(31)30-25-28(23-24-32(30)41)26-19-21-27(22-20-26)39-42-37-17-9-10-18-38(37)43-39/h3-25H,1-2H3. The Morgan fingerprint density at radius 1 is 0.465 bits per heavy atom. The van der Waals surface area contributed by atoms with E-state index < -0.39 is 0 Å². The van der Waals surface area contributed by atoms with Gasteiger partial charge < -0.3 is 4.42 Å². The number of aromatic nitrogens is 1. The molecule has 0 bridgehead atoms. The van der Waals surface area contributed by atoms with E-state index in [1.807, 2.05) is 24.3 Å². The van der Waals surface area contributed by atoms with Crippen molar-refractivity contribution < 1.29 is 4.42 Å². The van der Waals surface area contributed by atoms with Gasteiger partial charge in [0, 0.05) is 11.0 Å². The van der Waals surface area contributed by atoms with Gasteiger partial charge in [0.1, 0.15) is 5.52 Å². The van der Waals surface area contributed by atoms with Gasteiger partial charge in [-0.3, -0.25) is 0 Å². The Morgan fingerprint density at radius 2 is 1.00 bits per heavy atom. The number of para-hydroxylation sites is 2. The molecular weight excluding hydrogens is 522 g/mol. The van der Waals surface area contributed by atoms with Crippen LogP contribution in [0.2, 0.25) is 0 Å². The van der Waals surface area contributed by atoms with Gasteiger partial charge in [0.25, 0.3) is 0 Å². The second-order valence-corrected chi connectivity index (χ2v) is 12.3. The first kappa shape index (κ1) is 24.4. The molecular formula is C41H29NO. The van der Waals surface area contributed by atoms with Crippen LogP contribution in [0, 0.1) is 0 Å². The van der Waals surface area contributed by atoms with Crippen LogP contribution < -0.4 is 0 Å². The first-order valence-electron chi connectivity index (χ1n) is 15.0. The normalized spacial score (nSPS) is 15.1. The maximum absolute atomic E-state index is 6.02. The van der Waals surface area contributed by atoms with Gasteiger partial charge in [-0.15, -0.1) is 0 Å². The van der Waals surface area contributed by atoms with Gasteiger partial charge in [0.15, 0.2) is 5.58 Å². The van der Waals surface area contributed by atoms with Crippen LogP contribution in [0.15, 0.2) is 144 Å². The maximum atomic E-state index is 6.02. The maximum Gasteiger partial charge on any atom is 0.227 e. The fraction of sp³-hybridized carbons (Fsp3) is 0.0976. The third-order valence-corrected chi connectivity index (χ3v) is 9.81. The molecule has 204 valence electrons. The van der Waals surface area contributed by atoms with Crippen molar-refractivity contribution in [1.82, 2.24) is 4.98 Å². The van der Waals surface area contributed by atoms with E-state index in [0.29, 0.717) is 5.89 Å². The third kappa shape index (κ3) is 3.21. The Bertz CT molecular complexity index is 2130. The van der Waals surface area contributed by atoms with Crippen LogP contribution >= 0.6 is 0 Å². The summed E-state index contributed by atoms with van der Waals surface area (Å²) in [6, 6.07) is 50.7. The van der Waals surface area contributed by atoms with Crippen molar-refractivity contribution in [2.45, 2.75) is 24.7 Å². The zero-order chi connectivity index (χ0) is 28.8. The van der Waals surface area contributed by atoms with E-state index in [2.05, 4.69) is 134 Å². The summed E-state index contributed by atoms with van der Waals surface area (Å²) in [6.07, 6.45) is 0. The number of benzene rings is 6. The van der Waals surface area contributed by atoms with Crippen molar-refractivity contribution in [2.75, 3.05) is 0 Å². The van der Waals surface area contributed by atoms with Crippen molar-refractivity contribution in [3.63, 3.8) is 0 Å². The minimum Gasteiger partial charge on any atom is -0.436 e. The lowest BCUT2D eigenvalue weighted by Crippen LogP contribution is -2.40. The summed E-state index contributed by atoms with van der Waals surface area (Å²) >= 11 is 0. The number of hydrogen-bond donors (Lipinski definition) is 0. The van der Waals surface area contributed by atoms with Gasteiger partial charge in [0.2, 0.25) is 5.89 Å². The Morgan fingerprint density at radius 3 is 1.70 bits per heavy atom. The average Bonchev–Trinajstić information content (AvgIpc) is 3.62. The molecule has 2 heteroatoms.